The number of hydrogen-bond donors (Lipinski definition) is 1. The Hall–Kier alpha value is -0.860. The highest BCUT2D eigenvalue weighted by atomic mass is 16.5. The molecule has 0 aliphatic heterocycles. The van der Waals surface area contributed by atoms with Crippen molar-refractivity contribution in [2.24, 2.45) is 0 Å². The second-order valence-electron chi connectivity index (χ2n) is 4.43. The van der Waals surface area contributed by atoms with Crippen LogP contribution in [0.3, 0.4) is 0 Å². The minimum Gasteiger partial charge on any atom is -0.384 e. The first-order chi connectivity index (χ1) is 7.61. The van der Waals surface area contributed by atoms with E-state index in [2.05, 4.69) is 38.2 Å². The molecule has 0 spiro atoms. The largest absolute Gasteiger partial charge is 0.384 e. The predicted octanol–water partition coefficient (Wildman–Crippen LogP) is 2.56. The first-order valence-corrected chi connectivity index (χ1v) is 5.82. The molecule has 0 aliphatic rings. The maximum Gasteiger partial charge on any atom is 0.0543 e. The zero-order valence-corrected chi connectivity index (χ0v) is 11.1. The molecular weight excluding hydrogens is 198 g/mol. The first-order valence-electron chi connectivity index (χ1n) is 5.82. The van der Waals surface area contributed by atoms with Gasteiger partial charge in [-0.05, 0) is 50.1 Å². The van der Waals surface area contributed by atoms with Crippen LogP contribution in [-0.4, -0.2) is 27.3 Å². The molecule has 0 bridgehead atoms. The normalized spacial score (nSPS) is 12.8. The molecule has 1 rings (SSSR count). The second-order valence-corrected chi connectivity index (χ2v) is 4.43. The molecule has 16 heavy (non-hydrogen) atoms. The van der Waals surface area contributed by atoms with Gasteiger partial charge < -0.3 is 10.1 Å². The van der Waals surface area contributed by atoms with Crippen LogP contribution in [0.15, 0.2) is 12.1 Å². The lowest BCUT2D eigenvalue weighted by atomic mass is 9.90. The van der Waals surface area contributed by atoms with E-state index in [1.807, 2.05) is 7.05 Å². The summed E-state index contributed by atoms with van der Waals surface area (Å²) >= 11 is 0. The van der Waals surface area contributed by atoms with E-state index in [1.54, 1.807) is 7.11 Å². The number of nitrogens with one attached hydrogen (secondary N) is 1. The third kappa shape index (κ3) is 2.83. The average molecular weight is 221 g/mol. The Morgan fingerprint density at radius 3 is 2.44 bits per heavy atom. The first kappa shape index (κ1) is 13.2. The standard InChI is InChI=1S/C14H23NO/c1-10-6-7-14(12(3)11(10)2)13(8-15-4)9-16-5/h6-7,13,15H,8-9H2,1-5H3. The van der Waals surface area contributed by atoms with E-state index in [9.17, 15) is 0 Å². The minimum absolute atomic E-state index is 0.439. The highest BCUT2D eigenvalue weighted by Crippen LogP contribution is 2.24. The van der Waals surface area contributed by atoms with Crippen LogP contribution < -0.4 is 5.32 Å². The summed E-state index contributed by atoms with van der Waals surface area (Å²) in [4.78, 5) is 0. The molecule has 0 saturated carbocycles. The van der Waals surface area contributed by atoms with E-state index < -0.39 is 0 Å². The zero-order valence-electron chi connectivity index (χ0n) is 11.1. The van der Waals surface area contributed by atoms with Gasteiger partial charge in [-0.15, -0.1) is 0 Å². The molecular formula is C14H23NO. The SMILES string of the molecule is CNCC(COC)c1ccc(C)c(C)c1C. The Labute approximate surface area is 99.0 Å². The summed E-state index contributed by atoms with van der Waals surface area (Å²) in [5.41, 5.74) is 5.56. The monoisotopic (exact) mass is 221 g/mol. The molecule has 0 amide bonds. The van der Waals surface area contributed by atoms with Crippen LogP contribution in [0.4, 0.5) is 0 Å². The van der Waals surface area contributed by atoms with E-state index in [-0.39, 0.29) is 0 Å². The van der Waals surface area contributed by atoms with Gasteiger partial charge in [-0.3, -0.25) is 0 Å². The van der Waals surface area contributed by atoms with E-state index in [0.717, 1.165) is 13.2 Å². The fourth-order valence-corrected chi connectivity index (χ4v) is 2.13. The van der Waals surface area contributed by atoms with Gasteiger partial charge >= 0.3 is 0 Å². The molecule has 0 saturated heterocycles. The van der Waals surface area contributed by atoms with E-state index >= 15 is 0 Å². The molecule has 2 heteroatoms. The third-order valence-corrected chi connectivity index (χ3v) is 3.36. The van der Waals surface area contributed by atoms with Gasteiger partial charge in [0.25, 0.3) is 0 Å². The second kappa shape index (κ2) is 6.02. The van der Waals surface area contributed by atoms with Crippen LogP contribution in [0.25, 0.3) is 0 Å². The van der Waals surface area contributed by atoms with Crippen LogP contribution in [0.5, 0.6) is 0 Å². The van der Waals surface area contributed by atoms with Crippen molar-refractivity contribution < 1.29 is 4.74 Å². The number of ether oxygens (including phenoxy) is 1. The Kier molecular flexibility index (Phi) is 4.97. The number of rotatable bonds is 5. The van der Waals surface area contributed by atoms with Gasteiger partial charge in [0.1, 0.15) is 0 Å². The van der Waals surface area contributed by atoms with Gasteiger partial charge in [-0.25, -0.2) is 0 Å². The van der Waals surface area contributed by atoms with Crippen molar-refractivity contribution in [3.05, 3.63) is 34.4 Å². The molecule has 1 unspecified atom stereocenters. The molecule has 90 valence electrons. The van der Waals surface area contributed by atoms with E-state index in [0.29, 0.717) is 5.92 Å². The maximum absolute atomic E-state index is 5.30. The molecule has 0 radical (unpaired) electrons. The highest BCUT2D eigenvalue weighted by molar-refractivity contribution is 5.40. The maximum atomic E-state index is 5.30. The van der Waals surface area contributed by atoms with Gasteiger partial charge in [-0.1, -0.05) is 12.1 Å². The molecule has 1 aromatic carbocycles. The van der Waals surface area contributed by atoms with Gasteiger partial charge in [-0.2, -0.15) is 0 Å². The molecule has 1 atom stereocenters. The summed E-state index contributed by atoms with van der Waals surface area (Å²) in [6.45, 7) is 8.28. The molecule has 1 N–H and O–H groups in total. The quantitative estimate of drug-likeness (QED) is 0.825. The van der Waals surface area contributed by atoms with Crippen LogP contribution in [0.1, 0.15) is 28.2 Å². The van der Waals surface area contributed by atoms with Gasteiger partial charge in [0.05, 0.1) is 6.61 Å². The van der Waals surface area contributed by atoms with Crippen molar-refractivity contribution >= 4 is 0 Å². The minimum atomic E-state index is 0.439. The van der Waals surface area contributed by atoms with Crippen LogP contribution >= 0.6 is 0 Å². The fourth-order valence-electron chi connectivity index (χ4n) is 2.13. The summed E-state index contributed by atoms with van der Waals surface area (Å²) in [5, 5.41) is 3.23. The molecule has 0 heterocycles. The molecule has 0 aliphatic carbocycles. The van der Waals surface area contributed by atoms with Crippen molar-refractivity contribution in [3.8, 4) is 0 Å². The Bertz CT molecular complexity index is 341. The number of benzene rings is 1. The predicted molar refractivity (Wildman–Crippen MR) is 69.2 cm³/mol. The smallest absolute Gasteiger partial charge is 0.0543 e. The number of hydrogen-bond acceptors (Lipinski definition) is 2. The third-order valence-electron chi connectivity index (χ3n) is 3.36. The van der Waals surface area contributed by atoms with Gasteiger partial charge in [0.2, 0.25) is 0 Å². The van der Waals surface area contributed by atoms with Crippen molar-refractivity contribution in [2.45, 2.75) is 26.7 Å². The van der Waals surface area contributed by atoms with Gasteiger partial charge in [0, 0.05) is 19.6 Å². The molecule has 0 aromatic heterocycles. The van der Waals surface area contributed by atoms with Crippen LogP contribution in [-0.2, 0) is 4.74 Å². The lowest BCUT2D eigenvalue weighted by Gasteiger charge is -2.20. The lowest BCUT2D eigenvalue weighted by Crippen LogP contribution is -2.22. The molecule has 2 nitrogen and oxygen atoms in total. The topological polar surface area (TPSA) is 21.3 Å². The molecule has 1 aromatic rings. The number of methoxy groups -OCH3 is 1. The Morgan fingerprint density at radius 1 is 1.19 bits per heavy atom. The Morgan fingerprint density at radius 2 is 1.88 bits per heavy atom. The summed E-state index contributed by atoms with van der Waals surface area (Å²) < 4.78 is 5.30. The van der Waals surface area contributed by atoms with E-state index in [4.69, 9.17) is 4.74 Å². The van der Waals surface area contributed by atoms with Crippen molar-refractivity contribution in [3.63, 3.8) is 0 Å². The number of aryl methyl sites for hydroxylation is 1. The van der Waals surface area contributed by atoms with Crippen LogP contribution in [0, 0.1) is 20.8 Å². The highest BCUT2D eigenvalue weighted by Gasteiger charge is 2.14. The summed E-state index contributed by atoms with van der Waals surface area (Å²) in [6.07, 6.45) is 0. The lowest BCUT2D eigenvalue weighted by molar-refractivity contribution is 0.178. The van der Waals surface area contributed by atoms with Crippen molar-refractivity contribution in [1.29, 1.82) is 0 Å². The summed E-state index contributed by atoms with van der Waals surface area (Å²) in [6, 6.07) is 4.44. The van der Waals surface area contributed by atoms with Crippen molar-refractivity contribution in [1.82, 2.24) is 5.32 Å². The van der Waals surface area contributed by atoms with Gasteiger partial charge in [0.15, 0.2) is 0 Å². The van der Waals surface area contributed by atoms with Crippen molar-refractivity contribution in [2.75, 3.05) is 27.3 Å². The molecule has 0 fully saturated rings. The zero-order chi connectivity index (χ0) is 12.1. The number of likely N-dealkylation sites (N-methyl/N-ethyl adjacent to an activating group) is 1. The summed E-state index contributed by atoms with van der Waals surface area (Å²) in [7, 11) is 3.75. The van der Waals surface area contributed by atoms with E-state index in [1.165, 1.54) is 22.3 Å². The van der Waals surface area contributed by atoms with Crippen LogP contribution in [0.2, 0.25) is 0 Å². The fraction of sp³-hybridized carbons (Fsp3) is 0.571. The average Bonchev–Trinajstić information content (AvgIpc) is 2.26. The summed E-state index contributed by atoms with van der Waals surface area (Å²) in [5.74, 6) is 0.439. The Balaban J connectivity index is 3.04.